The number of benzene rings is 3. The smallest absolute Gasteiger partial charge is 0.337 e. The lowest BCUT2D eigenvalue weighted by Gasteiger charge is -2.38. The maximum absolute atomic E-state index is 13.7. The van der Waals surface area contributed by atoms with Gasteiger partial charge in [-0.05, 0) is 79.1 Å². The number of fused-ring (bicyclic) bond motifs is 1. The monoisotopic (exact) mass is 505 g/mol. The average Bonchev–Trinajstić information content (AvgIpc) is 2.92. The van der Waals surface area contributed by atoms with E-state index in [0.717, 1.165) is 16.7 Å². The Bertz CT molecular complexity index is 1290. The van der Waals surface area contributed by atoms with E-state index < -0.39 is 12.0 Å². The van der Waals surface area contributed by atoms with Crippen molar-refractivity contribution in [2.75, 3.05) is 39.4 Å². The Labute approximate surface area is 216 Å². The molecule has 1 heterocycles. The Morgan fingerprint density at radius 2 is 1.49 bits per heavy atom. The van der Waals surface area contributed by atoms with Crippen molar-refractivity contribution in [3.63, 3.8) is 0 Å². The maximum atomic E-state index is 13.7. The summed E-state index contributed by atoms with van der Waals surface area (Å²) in [6.45, 7) is 4.77. The van der Waals surface area contributed by atoms with Crippen LogP contribution in [0.2, 0.25) is 0 Å². The zero-order valence-corrected chi connectivity index (χ0v) is 21.7. The van der Waals surface area contributed by atoms with E-state index >= 15 is 0 Å². The molecule has 0 saturated heterocycles. The summed E-state index contributed by atoms with van der Waals surface area (Å²) in [5, 5.41) is 0. The molecule has 0 N–H and O–H groups in total. The molecule has 0 saturated carbocycles. The van der Waals surface area contributed by atoms with Crippen molar-refractivity contribution in [2.24, 2.45) is 0 Å². The molecule has 194 valence electrons. The van der Waals surface area contributed by atoms with Gasteiger partial charge in [-0.2, -0.15) is 0 Å². The van der Waals surface area contributed by atoms with Crippen molar-refractivity contribution >= 4 is 17.6 Å². The number of methoxy groups -OCH3 is 3. The van der Waals surface area contributed by atoms with Crippen LogP contribution in [0.15, 0.2) is 54.6 Å². The van der Waals surface area contributed by atoms with Gasteiger partial charge in [0.2, 0.25) is 5.91 Å². The SMILES string of the molecule is CCOc1cc2c(cc1OCC)[C@H](c1ccc(OC)c(OC)c1)N(c1ccc(C(=O)OC)cc1)C(=O)C2. The van der Waals surface area contributed by atoms with Crippen molar-refractivity contribution in [3.05, 3.63) is 76.9 Å². The highest BCUT2D eigenvalue weighted by molar-refractivity contribution is 5.99. The van der Waals surface area contributed by atoms with Gasteiger partial charge in [-0.25, -0.2) is 4.79 Å². The first kappa shape index (κ1) is 25.9. The standard InChI is InChI=1S/C29H31NO7/c1-6-36-25-15-20-16-27(31)30(21-11-8-18(9-12-21)29(32)35-5)28(22(20)17-26(25)37-7-2)19-10-13-23(33-3)24(14-19)34-4/h8-15,17,28H,6-7,16H2,1-5H3/t28-/m0/s1. The van der Waals surface area contributed by atoms with Crippen LogP contribution in [0.1, 0.15) is 46.9 Å². The third kappa shape index (κ3) is 5.05. The molecule has 4 rings (SSSR count). The van der Waals surface area contributed by atoms with Crippen molar-refractivity contribution in [2.45, 2.75) is 26.3 Å². The highest BCUT2D eigenvalue weighted by Gasteiger charge is 2.36. The normalized spacial score (nSPS) is 14.6. The van der Waals surface area contributed by atoms with Gasteiger partial charge >= 0.3 is 5.97 Å². The van der Waals surface area contributed by atoms with Gasteiger partial charge in [0, 0.05) is 5.69 Å². The van der Waals surface area contributed by atoms with Crippen LogP contribution in [0.5, 0.6) is 23.0 Å². The fraction of sp³-hybridized carbons (Fsp3) is 0.310. The second-order valence-electron chi connectivity index (χ2n) is 8.36. The summed E-state index contributed by atoms with van der Waals surface area (Å²) >= 11 is 0. The Hall–Kier alpha value is -4.20. The highest BCUT2D eigenvalue weighted by atomic mass is 16.5. The number of carbonyl (C=O) groups is 2. The van der Waals surface area contributed by atoms with Crippen molar-refractivity contribution in [1.82, 2.24) is 0 Å². The zero-order valence-electron chi connectivity index (χ0n) is 21.7. The van der Waals surface area contributed by atoms with E-state index in [9.17, 15) is 9.59 Å². The molecule has 1 aliphatic heterocycles. The first-order valence-corrected chi connectivity index (χ1v) is 12.1. The average molecular weight is 506 g/mol. The van der Waals surface area contributed by atoms with Crippen LogP contribution in [0, 0.1) is 0 Å². The van der Waals surface area contributed by atoms with Crippen molar-refractivity contribution in [3.8, 4) is 23.0 Å². The molecule has 0 spiro atoms. The Morgan fingerprint density at radius 3 is 2.08 bits per heavy atom. The van der Waals surface area contributed by atoms with Crippen LogP contribution < -0.4 is 23.8 Å². The van der Waals surface area contributed by atoms with Gasteiger partial charge in [0.1, 0.15) is 0 Å². The van der Waals surface area contributed by atoms with E-state index in [1.54, 1.807) is 43.4 Å². The molecular formula is C29H31NO7. The minimum absolute atomic E-state index is 0.0929. The molecule has 0 radical (unpaired) electrons. The summed E-state index contributed by atoms with van der Waals surface area (Å²) in [5.41, 5.74) is 3.65. The molecule has 0 fully saturated rings. The lowest BCUT2D eigenvalue weighted by atomic mass is 9.86. The molecule has 8 heteroatoms. The number of ether oxygens (including phenoxy) is 5. The summed E-state index contributed by atoms with van der Waals surface area (Å²) in [5.74, 6) is 1.83. The zero-order chi connectivity index (χ0) is 26.5. The molecule has 0 unspecified atom stereocenters. The van der Waals surface area contributed by atoms with Gasteiger partial charge in [0.05, 0.1) is 52.6 Å². The number of carbonyl (C=O) groups excluding carboxylic acids is 2. The number of rotatable bonds is 9. The first-order valence-electron chi connectivity index (χ1n) is 12.1. The van der Waals surface area contributed by atoms with E-state index in [2.05, 4.69) is 0 Å². The minimum atomic E-state index is -0.491. The number of nitrogens with zero attached hydrogens (tertiary/aromatic N) is 1. The van der Waals surface area contributed by atoms with E-state index in [1.165, 1.54) is 7.11 Å². The van der Waals surface area contributed by atoms with Gasteiger partial charge in [-0.15, -0.1) is 0 Å². The second-order valence-corrected chi connectivity index (χ2v) is 8.36. The van der Waals surface area contributed by atoms with Gasteiger partial charge in [-0.3, -0.25) is 4.79 Å². The summed E-state index contributed by atoms with van der Waals surface area (Å²) < 4.78 is 27.6. The molecular weight excluding hydrogens is 474 g/mol. The van der Waals surface area contributed by atoms with Crippen LogP contribution in [-0.2, 0) is 16.0 Å². The third-order valence-electron chi connectivity index (χ3n) is 6.26. The molecule has 1 atom stereocenters. The van der Waals surface area contributed by atoms with E-state index in [-0.39, 0.29) is 12.3 Å². The van der Waals surface area contributed by atoms with E-state index in [1.807, 2.05) is 44.2 Å². The number of amides is 1. The Kier molecular flexibility index (Phi) is 7.86. The number of hydrogen-bond donors (Lipinski definition) is 0. The van der Waals surface area contributed by atoms with Crippen LogP contribution in [0.4, 0.5) is 5.69 Å². The summed E-state index contributed by atoms with van der Waals surface area (Å²) in [6.07, 6.45) is 0.185. The van der Waals surface area contributed by atoms with Crippen LogP contribution >= 0.6 is 0 Å². The molecule has 0 aliphatic carbocycles. The quantitative estimate of drug-likeness (QED) is 0.380. The van der Waals surface area contributed by atoms with E-state index in [0.29, 0.717) is 47.5 Å². The lowest BCUT2D eigenvalue weighted by Crippen LogP contribution is -2.41. The topological polar surface area (TPSA) is 83.5 Å². The predicted octanol–water partition coefficient (Wildman–Crippen LogP) is 4.97. The van der Waals surface area contributed by atoms with Crippen LogP contribution in [0.3, 0.4) is 0 Å². The number of hydrogen-bond acceptors (Lipinski definition) is 7. The fourth-order valence-electron chi connectivity index (χ4n) is 4.61. The van der Waals surface area contributed by atoms with Crippen LogP contribution in [0.25, 0.3) is 0 Å². The van der Waals surface area contributed by atoms with Crippen molar-refractivity contribution < 1.29 is 33.3 Å². The summed E-state index contributed by atoms with van der Waals surface area (Å²) in [4.78, 5) is 27.4. The Balaban J connectivity index is 1.92. The molecule has 8 nitrogen and oxygen atoms in total. The largest absolute Gasteiger partial charge is 0.493 e. The fourth-order valence-corrected chi connectivity index (χ4v) is 4.61. The summed E-state index contributed by atoms with van der Waals surface area (Å²) in [7, 11) is 4.49. The molecule has 3 aromatic rings. The predicted molar refractivity (Wildman–Crippen MR) is 139 cm³/mol. The number of esters is 1. The van der Waals surface area contributed by atoms with Crippen molar-refractivity contribution in [1.29, 1.82) is 0 Å². The van der Waals surface area contributed by atoms with Gasteiger partial charge in [0.25, 0.3) is 0 Å². The van der Waals surface area contributed by atoms with Gasteiger partial charge < -0.3 is 28.6 Å². The Morgan fingerprint density at radius 1 is 0.838 bits per heavy atom. The van der Waals surface area contributed by atoms with E-state index in [4.69, 9.17) is 23.7 Å². The number of anilines is 1. The molecule has 3 aromatic carbocycles. The van der Waals surface area contributed by atoms with Gasteiger partial charge in [-0.1, -0.05) is 6.07 Å². The van der Waals surface area contributed by atoms with Gasteiger partial charge in [0.15, 0.2) is 23.0 Å². The molecule has 1 aliphatic rings. The highest BCUT2D eigenvalue weighted by Crippen LogP contribution is 2.45. The maximum Gasteiger partial charge on any atom is 0.337 e. The minimum Gasteiger partial charge on any atom is -0.493 e. The molecule has 37 heavy (non-hydrogen) atoms. The van der Waals surface area contributed by atoms with Crippen LogP contribution in [-0.4, -0.2) is 46.4 Å². The molecule has 1 amide bonds. The lowest BCUT2D eigenvalue weighted by molar-refractivity contribution is -0.118. The second kappa shape index (κ2) is 11.2. The molecule has 0 aromatic heterocycles. The first-order chi connectivity index (χ1) is 17.9. The summed E-state index contributed by atoms with van der Waals surface area (Å²) in [6, 6.07) is 15.8. The molecule has 0 bridgehead atoms. The third-order valence-corrected chi connectivity index (χ3v) is 6.26.